The van der Waals surface area contributed by atoms with Gasteiger partial charge in [0.25, 0.3) is 0 Å². The highest BCUT2D eigenvalue weighted by Gasteiger charge is 2.12. The van der Waals surface area contributed by atoms with Crippen LogP contribution >= 0.6 is 45.8 Å². The lowest BCUT2D eigenvalue weighted by atomic mass is 10.2. The van der Waals surface area contributed by atoms with E-state index in [1.54, 1.807) is 18.2 Å². The summed E-state index contributed by atoms with van der Waals surface area (Å²) in [5, 5.41) is 12.7. The molecule has 1 N–H and O–H groups in total. The van der Waals surface area contributed by atoms with Gasteiger partial charge in [0.2, 0.25) is 0 Å². The van der Waals surface area contributed by atoms with Gasteiger partial charge in [-0.25, -0.2) is 0 Å². The van der Waals surface area contributed by atoms with Gasteiger partial charge in [-0.15, -0.1) is 0 Å². The summed E-state index contributed by atoms with van der Waals surface area (Å²) in [6.07, 6.45) is 1.34. The largest absolute Gasteiger partial charge is 0.490 e. The molecular weight excluding hydrogens is 452 g/mol. The second kappa shape index (κ2) is 8.61. The topological polar surface area (TPSA) is 51.0 Å². The zero-order chi connectivity index (χ0) is 16.8. The van der Waals surface area contributed by atoms with E-state index in [-0.39, 0.29) is 0 Å². The second-order valence-electron chi connectivity index (χ2n) is 4.54. The fraction of sp³-hybridized carbons (Fsp3) is 0.188. The standard InChI is InChI=1S/C16H14Cl2INO3/c1-2-22-15-7-11(8-20-21)6-14(19)16(15)23-9-10-3-4-12(17)13(18)5-10/h3-8,21H,2,9H2,1H3/b20-8+. The number of benzene rings is 2. The molecule has 0 radical (unpaired) electrons. The fourth-order valence-corrected chi connectivity index (χ4v) is 3.02. The minimum atomic E-state index is 0.334. The number of nitrogens with zero attached hydrogens (tertiary/aromatic N) is 1. The molecule has 0 saturated carbocycles. The van der Waals surface area contributed by atoms with E-state index in [0.29, 0.717) is 34.8 Å². The van der Waals surface area contributed by atoms with E-state index in [0.717, 1.165) is 14.7 Å². The van der Waals surface area contributed by atoms with Crippen LogP contribution in [0.2, 0.25) is 10.0 Å². The first-order valence-corrected chi connectivity index (χ1v) is 8.59. The molecule has 0 aliphatic rings. The maximum absolute atomic E-state index is 8.67. The maximum Gasteiger partial charge on any atom is 0.175 e. The van der Waals surface area contributed by atoms with Crippen molar-refractivity contribution in [1.29, 1.82) is 0 Å². The smallest absolute Gasteiger partial charge is 0.175 e. The van der Waals surface area contributed by atoms with Gasteiger partial charge >= 0.3 is 0 Å². The van der Waals surface area contributed by atoms with Crippen LogP contribution in [-0.4, -0.2) is 18.0 Å². The molecule has 0 bridgehead atoms. The molecule has 0 saturated heterocycles. The van der Waals surface area contributed by atoms with Gasteiger partial charge in [0.15, 0.2) is 11.5 Å². The third kappa shape index (κ3) is 4.89. The predicted molar refractivity (Wildman–Crippen MR) is 101 cm³/mol. The molecule has 4 nitrogen and oxygen atoms in total. The Bertz CT molecular complexity index is 723. The summed E-state index contributed by atoms with van der Waals surface area (Å²) in [4.78, 5) is 0. The molecule has 0 unspecified atom stereocenters. The Kier molecular flexibility index (Phi) is 6.80. The molecule has 0 amide bonds. The van der Waals surface area contributed by atoms with Crippen LogP contribution in [-0.2, 0) is 6.61 Å². The van der Waals surface area contributed by atoms with Crippen LogP contribution in [0, 0.1) is 3.57 Å². The van der Waals surface area contributed by atoms with Crippen molar-refractivity contribution in [2.24, 2.45) is 5.16 Å². The van der Waals surface area contributed by atoms with Crippen molar-refractivity contribution >= 4 is 52.0 Å². The molecule has 0 fully saturated rings. The van der Waals surface area contributed by atoms with Crippen molar-refractivity contribution in [3.63, 3.8) is 0 Å². The van der Waals surface area contributed by atoms with Gasteiger partial charge in [-0.2, -0.15) is 0 Å². The molecule has 23 heavy (non-hydrogen) atoms. The van der Waals surface area contributed by atoms with Gasteiger partial charge in [0, 0.05) is 5.56 Å². The Hall–Kier alpha value is -1.18. The minimum absolute atomic E-state index is 0.334. The van der Waals surface area contributed by atoms with E-state index in [1.807, 2.05) is 19.1 Å². The van der Waals surface area contributed by atoms with Gasteiger partial charge in [-0.05, 0) is 59.3 Å². The average Bonchev–Trinajstić information content (AvgIpc) is 2.50. The molecule has 0 aliphatic heterocycles. The van der Waals surface area contributed by atoms with Crippen molar-refractivity contribution in [2.45, 2.75) is 13.5 Å². The minimum Gasteiger partial charge on any atom is -0.490 e. The summed E-state index contributed by atoms with van der Waals surface area (Å²) < 4.78 is 12.4. The molecule has 2 rings (SSSR count). The average molecular weight is 466 g/mol. The molecule has 7 heteroatoms. The van der Waals surface area contributed by atoms with Gasteiger partial charge < -0.3 is 14.7 Å². The normalized spacial score (nSPS) is 11.0. The van der Waals surface area contributed by atoms with Crippen LogP contribution in [0.4, 0.5) is 0 Å². The monoisotopic (exact) mass is 465 g/mol. The molecule has 0 atom stereocenters. The SMILES string of the molecule is CCOc1cc(/C=N/O)cc(I)c1OCc1ccc(Cl)c(Cl)c1. The predicted octanol–water partition coefficient (Wildman–Crippen LogP) is 5.38. The number of hydrogen-bond acceptors (Lipinski definition) is 4. The Morgan fingerprint density at radius 1 is 1.17 bits per heavy atom. The summed E-state index contributed by atoms with van der Waals surface area (Å²) in [5.41, 5.74) is 1.63. The Labute approximate surface area is 158 Å². The summed E-state index contributed by atoms with van der Waals surface area (Å²) >= 11 is 14.1. The lowest BCUT2D eigenvalue weighted by Gasteiger charge is -2.15. The number of hydrogen-bond donors (Lipinski definition) is 1. The molecule has 2 aromatic carbocycles. The first-order valence-electron chi connectivity index (χ1n) is 6.75. The first kappa shape index (κ1) is 18.2. The van der Waals surface area contributed by atoms with Crippen LogP contribution in [0.3, 0.4) is 0 Å². The van der Waals surface area contributed by atoms with E-state index >= 15 is 0 Å². The Morgan fingerprint density at radius 2 is 1.96 bits per heavy atom. The maximum atomic E-state index is 8.67. The highest BCUT2D eigenvalue weighted by molar-refractivity contribution is 14.1. The number of oxime groups is 1. The fourth-order valence-electron chi connectivity index (χ4n) is 1.92. The lowest BCUT2D eigenvalue weighted by molar-refractivity contribution is 0.267. The Morgan fingerprint density at radius 3 is 2.61 bits per heavy atom. The second-order valence-corrected chi connectivity index (χ2v) is 6.52. The Balaban J connectivity index is 2.25. The molecule has 2 aromatic rings. The van der Waals surface area contributed by atoms with Crippen LogP contribution in [0.5, 0.6) is 11.5 Å². The highest BCUT2D eigenvalue weighted by atomic mass is 127. The molecule has 0 spiro atoms. The number of ether oxygens (including phenoxy) is 2. The number of rotatable bonds is 6. The van der Waals surface area contributed by atoms with Crippen LogP contribution < -0.4 is 9.47 Å². The summed E-state index contributed by atoms with van der Waals surface area (Å²) in [7, 11) is 0. The van der Waals surface area contributed by atoms with Crippen molar-refractivity contribution in [3.05, 3.63) is 55.1 Å². The molecule has 122 valence electrons. The van der Waals surface area contributed by atoms with E-state index in [1.165, 1.54) is 6.21 Å². The molecule has 0 aliphatic carbocycles. The molecule has 0 aromatic heterocycles. The van der Waals surface area contributed by atoms with E-state index in [9.17, 15) is 0 Å². The van der Waals surface area contributed by atoms with Crippen LogP contribution in [0.1, 0.15) is 18.1 Å². The van der Waals surface area contributed by atoms with Gasteiger partial charge in [0.1, 0.15) is 6.61 Å². The molecular formula is C16H14Cl2INO3. The van der Waals surface area contributed by atoms with Gasteiger partial charge in [-0.1, -0.05) is 34.4 Å². The van der Waals surface area contributed by atoms with Gasteiger partial charge in [0.05, 0.1) is 26.4 Å². The lowest BCUT2D eigenvalue weighted by Crippen LogP contribution is -2.02. The molecule has 0 heterocycles. The summed E-state index contributed by atoms with van der Waals surface area (Å²) in [5.74, 6) is 1.22. The van der Waals surface area contributed by atoms with E-state index in [2.05, 4.69) is 27.7 Å². The quantitative estimate of drug-likeness (QED) is 0.269. The van der Waals surface area contributed by atoms with Crippen molar-refractivity contribution < 1.29 is 14.7 Å². The highest BCUT2D eigenvalue weighted by Crippen LogP contribution is 2.35. The van der Waals surface area contributed by atoms with Crippen LogP contribution in [0.25, 0.3) is 0 Å². The van der Waals surface area contributed by atoms with Crippen molar-refractivity contribution in [2.75, 3.05) is 6.61 Å². The van der Waals surface area contributed by atoms with Crippen molar-refractivity contribution in [1.82, 2.24) is 0 Å². The summed E-state index contributed by atoms with van der Waals surface area (Å²) in [6.45, 7) is 2.72. The summed E-state index contributed by atoms with van der Waals surface area (Å²) in [6, 6.07) is 8.96. The first-order chi connectivity index (χ1) is 11.0. The van der Waals surface area contributed by atoms with Crippen LogP contribution in [0.15, 0.2) is 35.5 Å². The third-order valence-electron chi connectivity index (χ3n) is 2.91. The number of halogens is 3. The zero-order valence-corrected chi connectivity index (χ0v) is 15.9. The zero-order valence-electron chi connectivity index (χ0n) is 12.2. The third-order valence-corrected chi connectivity index (χ3v) is 4.45. The van der Waals surface area contributed by atoms with Gasteiger partial charge in [-0.3, -0.25) is 0 Å². The van der Waals surface area contributed by atoms with E-state index in [4.69, 9.17) is 37.9 Å². The van der Waals surface area contributed by atoms with E-state index < -0.39 is 0 Å². The van der Waals surface area contributed by atoms with Crippen molar-refractivity contribution in [3.8, 4) is 11.5 Å².